The Morgan fingerprint density at radius 2 is 2.27 bits per heavy atom. The first-order valence-electron chi connectivity index (χ1n) is 4.87. The minimum Gasteiger partial charge on any atom is -0.382 e. The summed E-state index contributed by atoms with van der Waals surface area (Å²) in [5.41, 5.74) is 6.65. The average molecular weight is 206 g/mol. The van der Waals surface area contributed by atoms with E-state index in [2.05, 4.69) is 15.2 Å². The highest BCUT2D eigenvalue weighted by atomic mass is 15.4. The van der Waals surface area contributed by atoms with Crippen LogP contribution in [0.4, 0.5) is 5.82 Å². The molecule has 15 heavy (non-hydrogen) atoms. The van der Waals surface area contributed by atoms with Crippen LogP contribution >= 0.6 is 0 Å². The Kier molecular flexibility index (Phi) is 2.40. The number of rotatable bonds is 3. The van der Waals surface area contributed by atoms with Crippen LogP contribution in [0.1, 0.15) is 18.3 Å². The Labute approximate surface area is 87.7 Å². The largest absolute Gasteiger partial charge is 0.382 e. The highest BCUT2D eigenvalue weighted by Crippen LogP contribution is 2.07. The smallest absolute Gasteiger partial charge is 0.148 e. The number of hydrogen-bond acceptors (Lipinski definition) is 4. The van der Waals surface area contributed by atoms with E-state index >= 15 is 0 Å². The monoisotopic (exact) mass is 206 g/mol. The summed E-state index contributed by atoms with van der Waals surface area (Å²) < 4.78 is 3.62. The molecule has 6 nitrogen and oxygen atoms in total. The van der Waals surface area contributed by atoms with E-state index in [0.29, 0.717) is 12.4 Å². The zero-order valence-electron chi connectivity index (χ0n) is 8.88. The molecule has 2 rings (SSSR count). The van der Waals surface area contributed by atoms with Crippen LogP contribution in [0, 0.1) is 6.92 Å². The summed E-state index contributed by atoms with van der Waals surface area (Å²) in [5, 5.41) is 8.27. The van der Waals surface area contributed by atoms with Crippen molar-refractivity contribution in [3.05, 3.63) is 23.9 Å². The summed E-state index contributed by atoms with van der Waals surface area (Å²) in [6, 6.07) is 0. The van der Waals surface area contributed by atoms with E-state index in [1.54, 1.807) is 11.0 Å². The van der Waals surface area contributed by atoms with Crippen molar-refractivity contribution in [2.75, 3.05) is 5.73 Å². The predicted molar refractivity (Wildman–Crippen MR) is 56.2 cm³/mol. The van der Waals surface area contributed by atoms with E-state index < -0.39 is 0 Å². The Morgan fingerprint density at radius 3 is 2.87 bits per heavy atom. The van der Waals surface area contributed by atoms with Crippen LogP contribution in [0.15, 0.2) is 12.5 Å². The fourth-order valence-corrected chi connectivity index (χ4v) is 1.44. The normalized spacial score (nSPS) is 10.8. The van der Waals surface area contributed by atoms with Gasteiger partial charge in [0.1, 0.15) is 24.5 Å². The lowest BCUT2D eigenvalue weighted by molar-refractivity contribution is 0.568. The van der Waals surface area contributed by atoms with Gasteiger partial charge in [0.25, 0.3) is 0 Å². The molecule has 0 aliphatic heterocycles. The van der Waals surface area contributed by atoms with Crippen LogP contribution in [-0.4, -0.2) is 24.5 Å². The van der Waals surface area contributed by atoms with Crippen LogP contribution in [0.2, 0.25) is 0 Å². The molecule has 0 bridgehead atoms. The molecule has 2 heterocycles. The van der Waals surface area contributed by atoms with E-state index in [0.717, 1.165) is 17.9 Å². The molecule has 80 valence electrons. The predicted octanol–water partition coefficient (Wildman–Crippen LogP) is 0.433. The molecule has 6 heteroatoms. The number of aromatic nitrogens is 5. The first-order chi connectivity index (χ1) is 7.20. The van der Waals surface area contributed by atoms with Gasteiger partial charge in [-0.3, -0.25) is 4.68 Å². The van der Waals surface area contributed by atoms with Crippen LogP contribution < -0.4 is 5.73 Å². The molecule has 2 aromatic rings. The van der Waals surface area contributed by atoms with Gasteiger partial charge in [-0.05, 0) is 13.8 Å². The van der Waals surface area contributed by atoms with Crippen LogP contribution in [0.25, 0.3) is 0 Å². The highest BCUT2D eigenvalue weighted by Gasteiger charge is 2.06. The molecular weight excluding hydrogens is 192 g/mol. The van der Waals surface area contributed by atoms with Gasteiger partial charge in [0.15, 0.2) is 0 Å². The van der Waals surface area contributed by atoms with Crippen molar-refractivity contribution in [1.29, 1.82) is 0 Å². The van der Waals surface area contributed by atoms with Gasteiger partial charge in [0.05, 0.1) is 0 Å². The first-order valence-corrected chi connectivity index (χ1v) is 4.87. The molecular formula is C9H14N6. The zero-order valence-corrected chi connectivity index (χ0v) is 8.88. The topological polar surface area (TPSA) is 74.5 Å². The van der Waals surface area contributed by atoms with Gasteiger partial charge < -0.3 is 5.73 Å². The minimum absolute atomic E-state index is 0.567. The molecule has 0 unspecified atom stereocenters. The Morgan fingerprint density at radius 1 is 1.47 bits per heavy atom. The van der Waals surface area contributed by atoms with Crippen molar-refractivity contribution in [1.82, 2.24) is 24.5 Å². The maximum atomic E-state index is 5.67. The van der Waals surface area contributed by atoms with Gasteiger partial charge in [0.2, 0.25) is 0 Å². The second kappa shape index (κ2) is 3.72. The fraction of sp³-hybridized carbons (Fsp3) is 0.444. The molecule has 0 fully saturated rings. The highest BCUT2D eigenvalue weighted by molar-refractivity contribution is 5.35. The zero-order chi connectivity index (χ0) is 10.8. The summed E-state index contributed by atoms with van der Waals surface area (Å²) >= 11 is 0. The van der Waals surface area contributed by atoms with E-state index in [-0.39, 0.29) is 0 Å². The van der Waals surface area contributed by atoms with Crippen molar-refractivity contribution in [2.45, 2.75) is 26.9 Å². The number of nitrogens with zero attached hydrogens (tertiary/aromatic N) is 5. The number of nitrogens with two attached hydrogens (primary N) is 1. The molecule has 0 aliphatic rings. The number of nitrogen functional groups attached to an aromatic ring is 1. The molecule has 2 N–H and O–H groups in total. The van der Waals surface area contributed by atoms with Crippen molar-refractivity contribution < 1.29 is 0 Å². The minimum atomic E-state index is 0.567. The number of hydrogen-bond donors (Lipinski definition) is 1. The Bertz CT molecular complexity index is 435. The van der Waals surface area contributed by atoms with E-state index in [9.17, 15) is 0 Å². The summed E-state index contributed by atoms with van der Waals surface area (Å²) in [6.45, 7) is 5.38. The third-order valence-corrected chi connectivity index (χ3v) is 2.28. The first kappa shape index (κ1) is 9.70. The van der Waals surface area contributed by atoms with Gasteiger partial charge in [0, 0.05) is 18.3 Å². The average Bonchev–Trinajstić information content (AvgIpc) is 2.75. The maximum Gasteiger partial charge on any atom is 0.148 e. The molecule has 0 aromatic carbocycles. The lowest BCUT2D eigenvalue weighted by atomic mass is 10.4. The second-order valence-electron chi connectivity index (χ2n) is 3.39. The van der Waals surface area contributed by atoms with E-state index in [1.807, 2.05) is 24.7 Å². The quantitative estimate of drug-likeness (QED) is 0.790. The second-order valence-corrected chi connectivity index (χ2v) is 3.39. The molecule has 0 radical (unpaired) electrons. The van der Waals surface area contributed by atoms with Crippen LogP contribution in [0.3, 0.4) is 0 Å². The molecule has 0 spiro atoms. The van der Waals surface area contributed by atoms with Crippen LogP contribution in [0.5, 0.6) is 0 Å². The summed E-state index contributed by atoms with van der Waals surface area (Å²) in [5.74, 6) is 1.46. The number of aryl methyl sites for hydroxylation is 2. The van der Waals surface area contributed by atoms with Crippen LogP contribution in [-0.2, 0) is 13.1 Å². The SMILES string of the molecule is CCn1ncnc1Cn1cc(C)c(N)n1. The lowest BCUT2D eigenvalue weighted by Gasteiger charge is -2.02. The Hall–Kier alpha value is -1.85. The summed E-state index contributed by atoms with van der Waals surface area (Å²) in [7, 11) is 0. The molecule has 0 aliphatic carbocycles. The third kappa shape index (κ3) is 1.83. The van der Waals surface area contributed by atoms with E-state index in [4.69, 9.17) is 5.73 Å². The molecule has 0 saturated carbocycles. The van der Waals surface area contributed by atoms with Crippen molar-refractivity contribution >= 4 is 5.82 Å². The maximum absolute atomic E-state index is 5.67. The van der Waals surface area contributed by atoms with Gasteiger partial charge >= 0.3 is 0 Å². The molecule has 0 amide bonds. The van der Waals surface area contributed by atoms with Crippen molar-refractivity contribution in [3.8, 4) is 0 Å². The Balaban J connectivity index is 2.21. The number of anilines is 1. The van der Waals surface area contributed by atoms with Gasteiger partial charge in [-0.2, -0.15) is 10.2 Å². The van der Waals surface area contributed by atoms with Gasteiger partial charge in [-0.1, -0.05) is 0 Å². The lowest BCUT2D eigenvalue weighted by Crippen LogP contribution is -2.09. The third-order valence-electron chi connectivity index (χ3n) is 2.28. The van der Waals surface area contributed by atoms with E-state index in [1.165, 1.54) is 0 Å². The van der Waals surface area contributed by atoms with Crippen molar-refractivity contribution in [2.24, 2.45) is 0 Å². The van der Waals surface area contributed by atoms with Gasteiger partial charge in [-0.15, -0.1) is 0 Å². The van der Waals surface area contributed by atoms with Gasteiger partial charge in [-0.25, -0.2) is 9.67 Å². The van der Waals surface area contributed by atoms with Crippen molar-refractivity contribution in [3.63, 3.8) is 0 Å². The summed E-state index contributed by atoms with van der Waals surface area (Å²) in [6.07, 6.45) is 3.46. The standard InChI is InChI=1S/C9H14N6/c1-3-15-8(11-6-12-15)5-14-4-7(2)9(10)13-14/h4,6H,3,5H2,1-2H3,(H2,10,13). The summed E-state index contributed by atoms with van der Waals surface area (Å²) in [4.78, 5) is 4.17. The molecule has 0 atom stereocenters. The molecule has 0 saturated heterocycles. The molecule has 2 aromatic heterocycles. The fourth-order valence-electron chi connectivity index (χ4n) is 1.44.